The van der Waals surface area contributed by atoms with Gasteiger partial charge in [0.25, 0.3) is 0 Å². The van der Waals surface area contributed by atoms with Crippen LogP contribution in [0.1, 0.15) is 23.6 Å². The number of hydrogen-bond acceptors (Lipinski definition) is 5. The van der Waals surface area contributed by atoms with E-state index in [2.05, 4.69) is 10.1 Å². The predicted molar refractivity (Wildman–Crippen MR) is 118 cm³/mol. The number of hydrogen-bond donors (Lipinski definition) is 2. The van der Waals surface area contributed by atoms with E-state index in [0.717, 1.165) is 27.8 Å². The van der Waals surface area contributed by atoms with Gasteiger partial charge in [-0.15, -0.1) is 0 Å². The molecule has 8 heteroatoms. The van der Waals surface area contributed by atoms with Crippen molar-refractivity contribution in [1.29, 1.82) is 0 Å². The van der Waals surface area contributed by atoms with Crippen LogP contribution in [0, 0.1) is 12.3 Å². The molecule has 4 aromatic rings. The first kappa shape index (κ1) is 19.7. The molecule has 0 aliphatic heterocycles. The number of carbonyl (C=O) groups is 2. The Morgan fingerprint density at radius 1 is 1.06 bits per heavy atom. The van der Waals surface area contributed by atoms with Gasteiger partial charge in [0.2, 0.25) is 11.8 Å². The lowest BCUT2D eigenvalue weighted by Gasteiger charge is -2.11. The number of aryl methyl sites for hydroxylation is 1. The van der Waals surface area contributed by atoms with E-state index < -0.39 is 17.2 Å². The Balaban J connectivity index is 1.39. The molecule has 8 nitrogen and oxygen atoms in total. The van der Waals surface area contributed by atoms with Crippen molar-refractivity contribution in [1.82, 2.24) is 14.8 Å². The Bertz CT molecular complexity index is 1350. The smallest absolute Gasteiger partial charge is 0.233 e. The van der Waals surface area contributed by atoms with Crippen molar-refractivity contribution < 1.29 is 14.3 Å². The molecule has 0 saturated heterocycles. The number of pyridine rings is 1. The number of ether oxygens (including phenoxy) is 1. The highest BCUT2D eigenvalue weighted by atomic mass is 16.5. The van der Waals surface area contributed by atoms with Gasteiger partial charge >= 0.3 is 0 Å². The monoisotopic (exact) mass is 427 g/mol. The van der Waals surface area contributed by atoms with Crippen LogP contribution < -0.4 is 16.2 Å². The molecule has 2 aromatic carbocycles. The lowest BCUT2D eigenvalue weighted by atomic mass is 9.97. The van der Waals surface area contributed by atoms with Crippen LogP contribution >= 0.6 is 0 Å². The Kier molecular flexibility index (Phi) is 4.44. The maximum absolute atomic E-state index is 11.7. The zero-order chi connectivity index (χ0) is 22.5. The maximum Gasteiger partial charge on any atom is 0.233 e. The van der Waals surface area contributed by atoms with Crippen molar-refractivity contribution in [3.63, 3.8) is 0 Å². The van der Waals surface area contributed by atoms with Crippen LogP contribution in [-0.2, 0) is 9.59 Å². The van der Waals surface area contributed by atoms with Gasteiger partial charge in [-0.3, -0.25) is 14.6 Å². The third kappa shape index (κ3) is 3.17. The maximum atomic E-state index is 11.7. The van der Waals surface area contributed by atoms with Crippen LogP contribution in [0.5, 0.6) is 11.5 Å². The first-order valence-electron chi connectivity index (χ1n) is 10.2. The molecule has 0 bridgehead atoms. The molecule has 1 saturated carbocycles. The SMILES string of the molecule is Cc1ccn(-c2ccc3c(Oc4ccc(C5CC5(C(N)=O)C(N)=O)cc4)ccnc3c2)n1. The highest BCUT2D eigenvalue weighted by Crippen LogP contribution is 2.59. The minimum absolute atomic E-state index is 0.294. The van der Waals surface area contributed by atoms with Gasteiger partial charge in [-0.25, -0.2) is 4.68 Å². The second-order valence-electron chi connectivity index (χ2n) is 8.04. The Labute approximate surface area is 183 Å². The van der Waals surface area contributed by atoms with Gasteiger partial charge in [-0.1, -0.05) is 12.1 Å². The normalized spacial score (nSPS) is 16.6. The fourth-order valence-corrected chi connectivity index (χ4v) is 4.13. The number of aromatic nitrogens is 3. The molecule has 1 unspecified atom stereocenters. The molecule has 4 N–H and O–H groups in total. The summed E-state index contributed by atoms with van der Waals surface area (Å²) in [4.78, 5) is 27.9. The number of nitrogens with zero attached hydrogens (tertiary/aromatic N) is 3. The van der Waals surface area contributed by atoms with E-state index in [1.165, 1.54) is 0 Å². The first-order chi connectivity index (χ1) is 15.4. The summed E-state index contributed by atoms with van der Waals surface area (Å²) in [6, 6.07) is 16.9. The van der Waals surface area contributed by atoms with Crippen molar-refractivity contribution in [3.05, 3.63) is 78.2 Å². The summed E-state index contributed by atoms with van der Waals surface area (Å²) < 4.78 is 7.90. The van der Waals surface area contributed by atoms with E-state index in [-0.39, 0.29) is 5.92 Å². The first-order valence-corrected chi connectivity index (χ1v) is 10.2. The van der Waals surface area contributed by atoms with Gasteiger partial charge in [-0.05, 0) is 61.4 Å². The van der Waals surface area contributed by atoms with Gasteiger partial charge in [0.05, 0.1) is 16.9 Å². The molecular formula is C24H21N5O3. The molecule has 2 amide bonds. The highest BCUT2D eigenvalue weighted by molar-refractivity contribution is 6.08. The average molecular weight is 427 g/mol. The van der Waals surface area contributed by atoms with Crippen LogP contribution in [0.3, 0.4) is 0 Å². The molecular weight excluding hydrogens is 406 g/mol. The summed E-state index contributed by atoms with van der Waals surface area (Å²) in [5, 5.41) is 5.31. The van der Waals surface area contributed by atoms with E-state index in [1.54, 1.807) is 29.1 Å². The van der Waals surface area contributed by atoms with Crippen LogP contribution in [0.15, 0.2) is 67.0 Å². The quantitative estimate of drug-likeness (QED) is 0.458. The second-order valence-corrected chi connectivity index (χ2v) is 8.04. The molecule has 160 valence electrons. The zero-order valence-electron chi connectivity index (χ0n) is 17.4. The minimum atomic E-state index is -1.28. The third-order valence-electron chi connectivity index (χ3n) is 6.02. The van der Waals surface area contributed by atoms with E-state index >= 15 is 0 Å². The van der Waals surface area contributed by atoms with Crippen molar-refractivity contribution in [3.8, 4) is 17.2 Å². The molecule has 1 aliphatic carbocycles. The van der Waals surface area contributed by atoms with Gasteiger partial charge in [0.1, 0.15) is 16.9 Å². The molecule has 2 heterocycles. The van der Waals surface area contributed by atoms with E-state index in [4.69, 9.17) is 16.2 Å². The van der Waals surface area contributed by atoms with Crippen LogP contribution in [0.4, 0.5) is 0 Å². The lowest BCUT2D eigenvalue weighted by molar-refractivity contribution is -0.133. The van der Waals surface area contributed by atoms with Gasteiger partial charge < -0.3 is 16.2 Å². The number of amides is 2. The molecule has 1 fully saturated rings. The molecule has 0 spiro atoms. The number of benzene rings is 2. The summed E-state index contributed by atoms with van der Waals surface area (Å²) in [5.41, 5.74) is 13.0. The number of fused-ring (bicyclic) bond motifs is 1. The number of carbonyl (C=O) groups excluding carboxylic acids is 2. The van der Waals surface area contributed by atoms with Gasteiger partial charge in [-0.2, -0.15) is 5.10 Å². The largest absolute Gasteiger partial charge is 0.457 e. The fraction of sp³-hybridized carbons (Fsp3) is 0.167. The van der Waals surface area contributed by atoms with Crippen molar-refractivity contribution in [2.24, 2.45) is 16.9 Å². The van der Waals surface area contributed by atoms with Crippen LogP contribution in [0.25, 0.3) is 16.6 Å². The van der Waals surface area contributed by atoms with E-state index in [9.17, 15) is 9.59 Å². The average Bonchev–Trinajstić information content (AvgIpc) is 3.42. The number of rotatable bonds is 6. The fourth-order valence-electron chi connectivity index (χ4n) is 4.13. The summed E-state index contributed by atoms with van der Waals surface area (Å²) in [7, 11) is 0. The number of nitrogens with two attached hydrogens (primary N) is 2. The lowest BCUT2D eigenvalue weighted by Crippen LogP contribution is -2.38. The molecule has 5 rings (SSSR count). The summed E-state index contributed by atoms with van der Waals surface area (Å²) in [5.74, 6) is -0.359. The molecule has 0 radical (unpaired) electrons. The zero-order valence-corrected chi connectivity index (χ0v) is 17.4. The van der Waals surface area contributed by atoms with E-state index in [0.29, 0.717) is 17.9 Å². The molecule has 32 heavy (non-hydrogen) atoms. The van der Waals surface area contributed by atoms with Crippen molar-refractivity contribution in [2.75, 3.05) is 0 Å². The second kappa shape index (κ2) is 7.19. The molecule has 2 aromatic heterocycles. The Morgan fingerprint density at radius 2 is 1.81 bits per heavy atom. The Morgan fingerprint density at radius 3 is 2.44 bits per heavy atom. The van der Waals surface area contributed by atoms with Crippen LogP contribution in [0.2, 0.25) is 0 Å². The topological polar surface area (TPSA) is 126 Å². The van der Waals surface area contributed by atoms with Gasteiger partial charge in [0, 0.05) is 23.7 Å². The third-order valence-corrected chi connectivity index (χ3v) is 6.02. The summed E-state index contributed by atoms with van der Waals surface area (Å²) in [6.07, 6.45) is 3.94. The minimum Gasteiger partial charge on any atom is -0.457 e. The summed E-state index contributed by atoms with van der Waals surface area (Å²) in [6.45, 7) is 1.94. The highest BCUT2D eigenvalue weighted by Gasteiger charge is 2.64. The standard InChI is InChI=1S/C24H21N5O3/c1-14-9-11-29(28-14)16-4-7-18-20(12-16)27-10-8-21(18)32-17-5-2-15(3-6-17)19-13-24(19,22(25)30)23(26)31/h2-12,19H,13H2,1H3,(H2,25,30)(H2,26,31). The van der Waals surface area contributed by atoms with E-state index in [1.807, 2.05) is 49.5 Å². The van der Waals surface area contributed by atoms with Crippen molar-refractivity contribution in [2.45, 2.75) is 19.3 Å². The predicted octanol–water partition coefficient (Wildman–Crippen LogP) is 2.97. The van der Waals surface area contributed by atoms with Crippen LogP contribution in [-0.4, -0.2) is 26.6 Å². The van der Waals surface area contributed by atoms with Crippen molar-refractivity contribution >= 4 is 22.7 Å². The molecule has 1 atom stereocenters. The number of primary amides is 2. The molecule has 1 aliphatic rings. The van der Waals surface area contributed by atoms with Gasteiger partial charge in [0.15, 0.2) is 0 Å². The Hall–Kier alpha value is -4.20. The summed E-state index contributed by atoms with van der Waals surface area (Å²) >= 11 is 0.